The van der Waals surface area contributed by atoms with E-state index < -0.39 is 4.92 Å². The molecule has 0 fully saturated rings. The van der Waals surface area contributed by atoms with Gasteiger partial charge >= 0.3 is 5.69 Å². The Morgan fingerprint density at radius 2 is 2.25 bits per heavy atom. The molecule has 8 nitrogen and oxygen atoms in total. The van der Waals surface area contributed by atoms with Gasteiger partial charge in [0.2, 0.25) is 11.7 Å². The monoisotopic (exact) mass is 277 g/mol. The number of nitrogens with zero attached hydrogens (tertiary/aromatic N) is 4. The smallest absolute Gasteiger partial charge is 0.311 e. The Hall–Kier alpha value is -2.51. The quantitative estimate of drug-likeness (QED) is 0.660. The third kappa shape index (κ3) is 2.90. The van der Waals surface area contributed by atoms with E-state index in [4.69, 9.17) is 4.52 Å². The van der Waals surface area contributed by atoms with Gasteiger partial charge in [0.1, 0.15) is 0 Å². The van der Waals surface area contributed by atoms with Gasteiger partial charge in [-0.05, 0) is 18.9 Å². The summed E-state index contributed by atoms with van der Waals surface area (Å²) in [7, 11) is 0. The van der Waals surface area contributed by atoms with Gasteiger partial charge in [0, 0.05) is 19.2 Å². The second-order valence-corrected chi connectivity index (χ2v) is 4.41. The summed E-state index contributed by atoms with van der Waals surface area (Å²) in [6, 6.07) is 1.19. The Morgan fingerprint density at radius 3 is 2.80 bits per heavy atom. The summed E-state index contributed by atoms with van der Waals surface area (Å²) in [4.78, 5) is 18.8. The highest BCUT2D eigenvalue weighted by Gasteiger charge is 2.21. The predicted octanol–water partition coefficient (Wildman–Crippen LogP) is 2.55. The maximum atomic E-state index is 11.1. The predicted molar refractivity (Wildman–Crippen MR) is 71.3 cm³/mol. The molecule has 0 bridgehead atoms. The van der Waals surface area contributed by atoms with E-state index in [-0.39, 0.29) is 17.5 Å². The van der Waals surface area contributed by atoms with Crippen LogP contribution in [-0.4, -0.2) is 20.0 Å². The van der Waals surface area contributed by atoms with Crippen LogP contribution in [0.15, 0.2) is 16.8 Å². The molecule has 0 aliphatic carbocycles. The van der Waals surface area contributed by atoms with Crippen LogP contribution in [-0.2, 0) is 0 Å². The molecular formula is C12H15N5O3. The van der Waals surface area contributed by atoms with E-state index in [1.54, 1.807) is 20.0 Å². The highest BCUT2D eigenvalue weighted by molar-refractivity contribution is 5.57. The molecule has 0 aliphatic rings. The Kier molecular flexibility index (Phi) is 3.92. The summed E-state index contributed by atoms with van der Waals surface area (Å²) >= 11 is 0. The van der Waals surface area contributed by atoms with E-state index >= 15 is 0 Å². The van der Waals surface area contributed by atoms with Crippen LogP contribution in [0.3, 0.4) is 0 Å². The number of nitro groups is 1. The van der Waals surface area contributed by atoms with Crippen LogP contribution in [0.5, 0.6) is 0 Å². The lowest BCUT2D eigenvalue weighted by molar-refractivity contribution is -0.384. The molecule has 1 atom stereocenters. The van der Waals surface area contributed by atoms with Gasteiger partial charge in [0.15, 0.2) is 5.82 Å². The maximum Gasteiger partial charge on any atom is 0.311 e. The zero-order valence-corrected chi connectivity index (χ0v) is 11.5. The van der Waals surface area contributed by atoms with Crippen molar-refractivity contribution in [1.29, 1.82) is 0 Å². The van der Waals surface area contributed by atoms with Crippen LogP contribution in [0.4, 0.5) is 11.5 Å². The minimum absolute atomic E-state index is 0.0660. The summed E-state index contributed by atoms with van der Waals surface area (Å²) < 4.78 is 4.93. The highest BCUT2D eigenvalue weighted by atomic mass is 16.6. The molecular weight excluding hydrogens is 262 g/mol. The molecule has 2 heterocycles. The van der Waals surface area contributed by atoms with E-state index in [2.05, 4.69) is 20.4 Å². The van der Waals surface area contributed by atoms with Gasteiger partial charge in [-0.2, -0.15) is 4.98 Å². The zero-order valence-electron chi connectivity index (χ0n) is 11.5. The molecule has 106 valence electrons. The minimum Gasteiger partial charge on any atom is -0.354 e. The van der Waals surface area contributed by atoms with Crippen LogP contribution < -0.4 is 5.32 Å². The van der Waals surface area contributed by atoms with Crippen molar-refractivity contribution in [1.82, 2.24) is 15.1 Å². The Bertz CT molecular complexity index is 625. The van der Waals surface area contributed by atoms with E-state index in [9.17, 15) is 10.1 Å². The van der Waals surface area contributed by atoms with E-state index in [0.29, 0.717) is 18.1 Å². The van der Waals surface area contributed by atoms with E-state index in [1.807, 2.05) is 6.92 Å². The number of aryl methyl sites for hydroxylation is 2. The maximum absolute atomic E-state index is 11.1. The van der Waals surface area contributed by atoms with Crippen LogP contribution in [0.25, 0.3) is 0 Å². The van der Waals surface area contributed by atoms with Crippen LogP contribution in [0.2, 0.25) is 0 Å². The lowest BCUT2D eigenvalue weighted by Crippen LogP contribution is -2.14. The number of nitrogens with one attached hydrogen (secondary N) is 1. The molecule has 0 aromatic carbocycles. The summed E-state index contributed by atoms with van der Waals surface area (Å²) in [6.45, 7) is 5.36. The Labute approximate surface area is 115 Å². The standard InChI is InChI=1S/C12H15N5O3/c1-4-9(11-14-8(3)20-16-11)15-12-10(17(18)19)5-7(2)6-13-12/h5-6,9H,4H2,1-3H3,(H,13,15). The molecule has 2 rings (SSSR count). The molecule has 1 unspecified atom stereocenters. The molecule has 0 spiro atoms. The summed E-state index contributed by atoms with van der Waals surface area (Å²) in [6.07, 6.45) is 2.22. The fourth-order valence-electron chi connectivity index (χ4n) is 1.77. The van der Waals surface area contributed by atoms with Crippen molar-refractivity contribution in [3.8, 4) is 0 Å². The van der Waals surface area contributed by atoms with Crippen molar-refractivity contribution in [3.63, 3.8) is 0 Å². The minimum atomic E-state index is -0.462. The lowest BCUT2D eigenvalue weighted by Gasteiger charge is -2.13. The van der Waals surface area contributed by atoms with Gasteiger partial charge in [-0.15, -0.1) is 0 Å². The molecule has 0 aliphatic heterocycles. The van der Waals surface area contributed by atoms with Crippen molar-refractivity contribution in [2.45, 2.75) is 33.2 Å². The molecule has 0 saturated carbocycles. The van der Waals surface area contributed by atoms with E-state index in [0.717, 1.165) is 5.56 Å². The van der Waals surface area contributed by atoms with Crippen molar-refractivity contribution < 1.29 is 9.45 Å². The van der Waals surface area contributed by atoms with E-state index in [1.165, 1.54) is 6.07 Å². The van der Waals surface area contributed by atoms with Gasteiger partial charge in [-0.1, -0.05) is 12.1 Å². The van der Waals surface area contributed by atoms with Crippen LogP contribution >= 0.6 is 0 Å². The third-order valence-corrected chi connectivity index (χ3v) is 2.78. The first-order chi connectivity index (χ1) is 9.51. The Morgan fingerprint density at radius 1 is 1.50 bits per heavy atom. The number of rotatable bonds is 5. The summed E-state index contributed by atoms with van der Waals surface area (Å²) in [5.74, 6) is 1.11. The average molecular weight is 277 g/mol. The van der Waals surface area contributed by atoms with Gasteiger partial charge in [-0.25, -0.2) is 4.98 Å². The molecule has 2 aromatic rings. The largest absolute Gasteiger partial charge is 0.354 e. The Balaban J connectivity index is 2.30. The van der Waals surface area contributed by atoms with Crippen molar-refractivity contribution in [3.05, 3.63) is 39.7 Å². The molecule has 20 heavy (non-hydrogen) atoms. The number of aromatic nitrogens is 3. The molecule has 0 amide bonds. The molecule has 0 saturated heterocycles. The van der Waals surface area contributed by atoms with Crippen LogP contribution in [0.1, 0.15) is 36.7 Å². The second-order valence-electron chi connectivity index (χ2n) is 4.41. The first kappa shape index (κ1) is 13.9. The normalized spacial score (nSPS) is 12.2. The SMILES string of the molecule is CCC(Nc1ncc(C)cc1[N+](=O)[O-])c1noc(C)n1. The average Bonchev–Trinajstić information content (AvgIpc) is 2.83. The molecule has 0 radical (unpaired) electrons. The second kappa shape index (κ2) is 5.64. The zero-order chi connectivity index (χ0) is 14.7. The number of hydrogen-bond donors (Lipinski definition) is 1. The number of hydrogen-bond acceptors (Lipinski definition) is 7. The van der Waals surface area contributed by atoms with Gasteiger partial charge in [0.05, 0.1) is 11.0 Å². The van der Waals surface area contributed by atoms with Crippen LogP contribution in [0, 0.1) is 24.0 Å². The topological polar surface area (TPSA) is 107 Å². The van der Waals surface area contributed by atoms with Crippen molar-refractivity contribution >= 4 is 11.5 Å². The molecule has 1 N–H and O–H groups in total. The van der Waals surface area contributed by atoms with Crippen molar-refractivity contribution in [2.24, 2.45) is 0 Å². The van der Waals surface area contributed by atoms with Gasteiger partial charge in [-0.3, -0.25) is 10.1 Å². The third-order valence-electron chi connectivity index (χ3n) is 2.78. The fraction of sp³-hybridized carbons (Fsp3) is 0.417. The fourth-order valence-corrected chi connectivity index (χ4v) is 1.77. The summed E-state index contributed by atoms with van der Waals surface area (Å²) in [5.41, 5.74) is 0.661. The lowest BCUT2D eigenvalue weighted by atomic mass is 10.2. The first-order valence-corrected chi connectivity index (χ1v) is 6.19. The van der Waals surface area contributed by atoms with Crippen molar-refractivity contribution in [2.75, 3.05) is 5.32 Å². The number of anilines is 1. The number of pyridine rings is 1. The van der Waals surface area contributed by atoms with Gasteiger partial charge in [0.25, 0.3) is 0 Å². The summed E-state index contributed by atoms with van der Waals surface area (Å²) in [5, 5.41) is 17.9. The van der Waals surface area contributed by atoms with Gasteiger partial charge < -0.3 is 9.84 Å². The molecule has 8 heteroatoms. The molecule has 2 aromatic heterocycles. The first-order valence-electron chi connectivity index (χ1n) is 6.19. The highest BCUT2D eigenvalue weighted by Crippen LogP contribution is 2.27.